The highest BCUT2D eigenvalue weighted by atomic mass is 32.2. The van der Waals surface area contributed by atoms with Gasteiger partial charge in [-0.1, -0.05) is 13.0 Å². The molecule has 1 saturated heterocycles. The number of benzene rings is 2. The lowest BCUT2D eigenvalue weighted by atomic mass is 10.1. The lowest BCUT2D eigenvalue weighted by molar-refractivity contribution is 0.0696. The van der Waals surface area contributed by atoms with Gasteiger partial charge >= 0.3 is 5.97 Å². The van der Waals surface area contributed by atoms with E-state index in [0.29, 0.717) is 0 Å². The largest absolute Gasteiger partial charge is 0.478 e. The first-order chi connectivity index (χ1) is 13.5. The number of aromatic carboxylic acids is 1. The Morgan fingerprint density at radius 2 is 1.93 bits per heavy atom. The molecule has 3 rings (SSSR count). The van der Waals surface area contributed by atoms with Crippen molar-refractivity contribution in [3.63, 3.8) is 0 Å². The quantitative estimate of drug-likeness (QED) is 0.630. The zero-order valence-electron chi connectivity index (χ0n) is 16.2. The molecule has 2 aromatic carbocycles. The minimum Gasteiger partial charge on any atom is -0.478 e. The monoisotopic (exact) mass is 418 g/mol. The summed E-state index contributed by atoms with van der Waals surface area (Å²) in [6.07, 6.45) is 6.11. The number of hydrogen-bond acceptors (Lipinski definition) is 5. The number of piperidine rings is 1. The highest BCUT2D eigenvalue weighted by Gasteiger charge is 2.17. The highest BCUT2D eigenvalue weighted by Crippen LogP contribution is 2.35. The van der Waals surface area contributed by atoms with Gasteiger partial charge in [-0.3, -0.25) is 4.21 Å². The zero-order chi connectivity index (χ0) is 20.1. The highest BCUT2D eigenvalue weighted by molar-refractivity contribution is 8.00. The molecule has 1 heterocycles. The molecule has 0 aliphatic carbocycles. The predicted molar refractivity (Wildman–Crippen MR) is 117 cm³/mol. The van der Waals surface area contributed by atoms with Gasteiger partial charge in [0, 0.05) is 39.9 Å². The molecule has 0 amide bonds. The van der Waals surface area contributed by atoms with Crippen LogP contribution in [0.3, 0.4) is 0 Å². The Balaban J connectivity index is 1.90. The Morgan fingerprint density at radius 1 is 1.18 bits per heavy atom. The Kier molecular flexibility index (Phi) is 7.02. The predicted octanol–water partition coefficient (Wildman–Crippen LogP) is 4.79. The average molecular weight is 419 g/mol. The van der Waals surface area contributed by atoms with Gasteiger partial charge in [-0.05, 0) is 73.5 Å². The van der Waals surface area contributed by atoms with Crippen molar-refractivity contribution in [3.8, 4) is 0 Å². The van der Waals surface area contributed by atoms with E-state index < -0.39 is 16.8 Å². The fraction of sp³-hybridized carbons (Fsp3) is 0.381. The summed E-state index contributed by atoms with van der Waals surface area (Å²) in [6.45, 7) is 4.09. The normalized spacial score (nSPS) is 15.3. The number of carboxylic acid groups (broad SMARTS) is 1. The molecule has 0 bridgehead atoms. The van der Waals surface area contributed by atoms with Crippen LogP contribution in [0.2, 0.25) is 0 Å². The van der Waals surface area contributed by atoms with Crippen molar-refractivity contribution in [2.45, 2.75) is 42.4 Å². The SMILES string of the molecule is CCc1ccc(C(=O)O)cc1SNc1cc(S(C)=O)ccc1N1CCCCC1. The van der Waals surface area contributed by atoms with Crippen LogP contribution in [0.5, 0.6) is 0 Å². The molecular weight excluding hydrogens is 392 g/mol. The van der Waals surface area contributed by atoms with Gasteiger partial charge in [0.05, 0.1) is 16.9 Å². The van der Waals surface area contributed by atoms with Crippen LogP contribution in [0.25, 0.3) is 0 Å². The smallest absolute Gasteiger partial charge is 0.335 e. The van der Waals surface area contributed by atoms with E-state index in [1.54, 1.807) is 18.4 Å². The Bertz CT molecular complexity index is 880. The van der Waals surface area contributed by atoms with Crippen molar-refractivity contribution in [2.24, 2.45) is 0 Å². The molecule has 5 nitrogen and oxygen atoms in total. The topological polar surface area (TPSA) is 69.6 Å². The van der Waals surface area contributed by atoms with Crippen molar-refractivity contribution in [3.05, 3.63) is 47.5 Å². The van der Waals surface area contributed by atoms with Crippen LogP contribution in [-0.2, 0) is 17.2 Å². The van der Waals surface area contributed by atoms with Crippen LogP contribution in [0.4, 0.5) is 11.4 Å². The summed E-state index contributed by atoms with van der Waals surface area (Å²) in [5.74, 6) is -0.929. The molecule has 2 N–H and O–H groups in total. The van der Waals surface area contributed by atoms with Crippen molar-refractivity contribution < 1.29 is 14.1 Å². The minimum atomic E-state index is -1.06. The summed E-state index contributed by atoms with van der Waals surface area (Å²) in [6, 6.07) is 11.1. The number of rotatable bonds is 7. The van der Waals surface area contributed by atoms with E-state index in [1.807, 2.05) is 24.3 Å². The molecule has 150 valence electrons. The molecule has 7 heteroatoms. The van der Waals surface area contributed by atoms with Crippen molar-refractivity contribution in [1.82, 2.24) is 0 Å². The first-order valence-electron chi connectivity index (χ1n) is 9.51. The molecule has 1 fully saturated rings. The van der Waals surface area contributed by atoms with E-state index in [-0.39, 0.29) is 5.56 Å². The van der Waals surface area contributed by atoms with E-state index in [0.717, 1.165) is 46.2 Å². The first kappa shape index (κ1) is 20.7. The summed E-state index contributed by atoms with van der Waals surface area (Å²) in [5.41, 5.74) is 3.40. The summed E-state index contributed by atoms with van der Waals surface area (Å²) < 4.78 is 15.4. The Morgan fingerprint density at radius 3 is 2.57 bits per heavy atom. The van der Waals surface area contributed by atoms with Gasteiger partial charge in [0.1, 0.15) is 0 Å². The molecule has 1 atom stereocenters. The maximum atomic E-state index is 12.0. The van der Waals surface area contributed by atoms with Gasteiger partial charge in [0.15, 0.2) is 0 Å². The average Bonchev–Trinajstić information content (AvgIpc) is 2.72. The molecule has 0 saturated carbocycles. The molecule has 1 unspecified atom stereocenters. The maximum absolute atomic E-state index is 12.0. The van der Waals surface area contributed by atoms with Crippen LogP contribution in [0.15, 0.2) is 46.2 Å². The van der Waals surface area contributed by atoms with E-state index in [4.69, 9.17) is 0 Å². The molecule has 28 heavy (non-hydrogen) atoms. The number of nitrogens with one attached hydrogen (secondary N) is 1. The van der Waals surface area contributed by atoms with Crippen molar-refractivity contribution in [2.75, 3.05) is 29.0 Å². The number of nitrogens with zero attached hydrogens (tertiary/aromatic N) is 1. The lowest BCUT2D eigenvalue weighted by Crippen LogP contribution is -2.29. The second-order valence-corrected chi connectivity index (χ2v) is 9.09. The second-order valence-electron chi connectivity index (χ2n) is 6.87. The van der Waals surface area contributed by atoms with Crippen LogP contribution in [0.1, 0.15) is 42.1 Å². The third-order valence-corrected chi connectivity index (χ3v) is 6.80. The molecule has 0 radical (unpaired) electrons. The molecular formula is C21H26N2O3S2. The second kappa shape index (κ2) is 9.47. The van der Waals surface area contributed by atoms with Crippen LogP contribution < -0.4 is 9.62 Å². The number of aryl methyl sites for hydroxylation is 1. The van der Waals surface area contributed by atoms with E-state index in [9.17, 15) is 14.1 Å². The molecule has 1 aliphatic heterocycles. The summed E-state index contributed by atoms with van der Waals surface area (Å²) >= 11 is 1.42. The molecule has 0 aromatic heterocycles. The standard InChI is InChI=1S/C21H26N2O3S2/c1-3-15-7-8-16(21(24)25)13-20(15)27-22-18-14-17(28(2)26)9-10-19(18)23-11-5-4-6-12-23/h7-10,13-14,22H,3-6,11-12H2,1-2H3,(H,24,25). The van der Waals surface area contributed by atoms with Crippen LogP contribution in [0, 0.1) is 0 Å². The Labute approximate surface area is 173 Å². The first-order valence-corrected chi connectivity index (χ1v) is 11.9. The maximum Gasteiger partial charge on any atom is 0.335 e. The van der Waals surface area contributed by atoms with E-state index in [2.05, 4.69) is 16.5 Å². The molecule has 2 aromatic rings. The zero-order valence-corrected chi connectivity index (χ0v) is 17.9. The third kappa shape index (κ3) is 4.89. The number of carboxylic acids is 1. The van der Waals surface area contributed by atoms with Gasteiger partial charge in [0.2, 0.25) is 0 Å². The summed E-state index contributed by atoms with van der Waals surface area (Å²) in [5, 5.41) is 9.30. The molecule has 0 spiro atoms. The van der Waals surface area contributed by atoms with Gasteiger partial charge in [0.25, 0.3) is 0 Å². The third-order valence-electron chi connectivity index (χ3n) is 4.96. The van der Waals surface area contributed by atoms with Crippen molar-refractivity contribution in [1.29, 1.82) is 0 Å². The number of carbonyl (C=O) groups is 1. The van der Waals surface area contributed by atoms with Crippen LogP contribution in [-0.4, -0.2) is 34.6 Å². The van der Waals surface area contributed by atoms with E-state index >= 15 is 0 Å². The summed E-state index contributed by atoms with van der Waals surface area (Å²) in [7, 11) is -1.06. The van der Waals surface area contributed by atoms with E-state index in [1.165, 1.54) is 31.2 Å². The number of hydrogen-bond donors (Lipinski definition) is 2. The van der Waals surface area contributed by atoms with Crippen LogP contribution >= 0.6 is 11.9 Å². The van der Waals surface area contributed by atoms with Gasteiger partial charge in [-0.2, -0.15) is 0 Å². The molecule has 1 aliphatic rings. The van der Waals surface area contributed by atoms with Gasteiger partial charge in [-0.25, -0.2) is 4.79 Å². The number of anilines is 2. The lowest BCUT2D eigenvalue weighted by Gasteiger charge is -2.31. The Hall–Kier alpha value is -1.99. The fourth-order valence-corrected chi connectivity index (χ4v) is 4.83. The van der Waals surface area contributed by atoms with Gasteiger partial charge in [-0.15, -0.1) is 0 Å². The van der Waals surface area contributed by atoms with Gasteiger partial charge < -0.3 is 14.7 Å². The fourth-order valence-electron chi connectivity index (χ4n) is 3.37. The minimum absolute atomic E-state index is 0.279. The van der Waals surface area contributed by atoms with Crippen molar-refractivity contribution >= 4 is 40.1 Å². The summed E-state index contributed by atoms with van der Waals surface area (Å²) in [4.78, 5) is 15.4.